The van der Waals surface area contributed by atoms with Crippen molar-refractivity contribution in [3.8, 4) is 0 Å². The van der Waals surface area contributed by atoms with E-state index in [1.54, 1.807) is 30.5 Å². The predicted molar refractivity (Wildman–Crippen MR) is 104 cm³/mol. The van der Waals surface area contributed by atoms with Gasteiger partial charge >= 0.3 is 0 Å². The molecule has 3 rings (SSSR count). The van der Waals surface area contributed by atoms with Gasteiger partial charge in [-0.2, -0.15) is 14.9 Å². The highest BCUT2D eigenvalue weighted by molar-refractivity contribution is 7.71. The van der Waals surface area contributed by atoms with Gasteiger partial charge in [0.15, 0.2) is 5.82 Å². The van der Waals surface area contributed by atoms with Gasteiger partial charge in [0.05, 0.1) is 12.8 Å². The van der Waals surface area contributed by atoms with Crippen molar-refractivity contribution in [3.63, 3.8) is 0 Å². The summed E-state index contributed by atoms with van der Waals surface area (Å²) in [5, 5.41) is 14.6. The summed E-state index contributed by atoms with van der Waals surface area (Å²) in [5.41, 5.74) is 2.55. The lowest BCUT2D eigenvalue weighted by molar-refractivity contribution is 0.0949. The van der Waals surface area contributed by atoms with Crippen molar-refractivity contribution in [1.82, 2.24) is 20.2 Å². The molecule has 2 N–H and O–H groups in total. The molecule has 3 aromatic rings. The van der Waals surface area contributed by atoms with E-state index in [1.165, 1.54) is 4.68 Å². The molecule has 1 aromatic heterocycles. The van der Waals surface area contributed by atoms with Crippen LogP contribution in [-0.4, -0.2) is 27.0 Å². The summed E-state index contributed by atoms with van der Waals surface area (Å²) in [6.45, 7) is 2.16. The molecule has 0 fully saturated rings. The number of nitrogens with zero attached hydrogens (tertiary/aromatic N) is 3. The number of rotatable bonds is 5. The average molecular weight is 386 g/mol. The maximum absolute atomic E-state index is 12.2. The lowest BCUT2D eigenvalue weighted by atomic mass is 10.1. The van der Waals surface area contributed by atoms with Gasteiger partial charge in [0, 0.05) is 10.6 Å². The smallest absolute Gasteiger partial charge is 0.251 e. The van der Waals surface area contributed by atoms with Crippen LogP contribution in [0.1, 0.15) is 27.3 Å². The van der Waals surface area contributed by atoms with E-state index in [-0.39, 0.29) is 12.5 Å². The fourth-order valence-electron chi connectivity index (χ4n) is 2.20. The van der Waals surface area contributed by atoms with Crippen LogP contribution in [0.3, 0.4) is 0 Å². The number of aromatic nitrogens is 3. The lowest BCUT2D eigenvalue weighted by Crippen LogP contribution is -2.24. The molecule has 8 heteroatoms. The quantitative estimate of drug-likeness (QED) is 0.519. The van der Waals surface area contributed by atoms with E-state index >= 15 is 0 Å². The summed E-state index contributed by atoms with van der Waals surface area (Å²) in [4.78, 5) is 12.2. The molecule has 0 atom stereocenters. The van der Waals surface area contributed by atoms with Gasteiger partial charge in [-0.05, 0) is 49.0 Å². The lowest BCUT2D eigenvalue weighted by Gasteiger charge is -2.05. The third kappa shape index (κ3) is 4.44. The Morgan fingerprint density at radius 2 is 1.96 bits per heavy atom. The Hall–Kier alpha value is -2.77. The van der Waals surface area contributed by atoms with E-state index < -0.39 is 0 Å². The van der Waals surface area contributed by atoms with Crippen molar-refractivity contribution in [2.75, 3.05) is 0 Å². The molecule has 0 bridgehead atoms. The largest absolute Gasteiger partial charge is 0.345 e. The van der Waals surface area contributed by atoms with Crippen LogP contribution in [0.2, 0.25) is 5.02 Å². The number of amides is 1. The van der Waals surface area contributed by atoms with E-state index in [0.717, 1.165) is 11.1 Å². The van der Waals surface area contributed by atoms with Gasteiger partial charge in [0.25, 0.3) is 5.91 Å². The number of carbonyl (C=O) groups excluding carboxylic acids is 1. The number of nitrogens with one attached hydrogen (secondary N) is 2. The number of aryl methyl sites for hydroxylation is 1. The van der Waals surface area contributed by atoms with Gasteiger partial charge in [0.2, 0.25) is 4.77 Å². The first-order chi connectivity index (χ1) is 12.5. The third-order valence-electron chi connectivity index (χ3n) is 3.63. The first-order valence-electron chi connectivity index (χ1n) is 7.84. The maximum Gasteiger partial charge on any atom is 0.251 e. The molecule has 132 valence electrons. The molecule has 1 amide bonds. The van der Waals surface area contributed by atoms with Crippen LogP contribution in [0, 0.1) is 11.7 Å². The van der Waals surface area contributed by atoms with E-state index in [1.807, 2.05) is 31.2 Å². The van der Waals surface area contributed by atoms with Gasteiger partial charge in [-0.15, -0.1) is 0 Å². The molecule has 0 aliphatic carbocycles. The molecule has 26 heavy (non-hydrogen) atoms. The average Bonchev–Trinajstić information content (AvgIpc) is 2.99. The van der Waals surface area contributed by atoms with E-state index in [0.29, 0.717) is 21.2 Å². The molecule has 6 nitrogen and oxygen atoms in total. The molecule has 0 aliphatic rings. The molecule has 2 aromatic carbocycles. The van der Waals surface area contributed by atoms with Crippen molar-refractivity contribution in [2.24, 2.45) is 5.10 Å². The van der Waals surface area contributed by atoms with Crippen LogP contribution in [0.5, 0.6) is 0 Å². The molecule has 0 spiro atoms. The number of halogens is 1. The summed E-state index contributed by atoms with van der Waals surface area (Å²) >= 11 is 11.1. The van der Waals surface area contributed by atoms with Gasteiger partial charge in [0.1, 0.15) is 0 Å². The number of aromatic amines is 1. The van der Waals surface area contributed by atoms with Crippen molar-refractivity contribution in [1.29, 1.82) is 0 Å². The summed E-state index contributed by atoms with van der Waals surface area (Å²) in [5.74, 6) is 0.313. The summed E-state index contributed by atoms with van der Waals surface area (Å²) in [7, 11) is 0. The Bertz CT molecular complexity index is 990. The summed E-state index contributed by atoms with van der Waals surface area (Å²) in [6, 6.07) is 14.6. The highest BCUT2D eigenvalue weighted by Crippen LogP contribution is 2.08. The standard InChI is InChI=1S/C18H16ClN5OS/c1-12-2-6-14(7-3-12)17(25)20-11-16-22-23-18(26)24(16)21-10-13-4-8-15(19)9-5-13/h2-10H,11H2,1H3,(H,20,25)(H,23,26)/b21-10+. The van der Waals surface area contributed by atoms with Crippen LogP contribution in [-0.2, 0) is 6.54 Å². The van der Waals surface area contributed by atoms with E-state index in [2.05, 4.69) is 20.6 Å². The Morgan fingerprint density at radius 3 is 2.65 bits per heavy atom. The van der Waals surface area contributed by atoms with Crippen molar-refractivity contribution in [3.05, 3.63) is 80.8 Å². The minimum Gasteiger partial charge on any atom is -0.345 e. The molecule has 0 radical (unpaired) electrons. The van der Waals surface area contributed by atoms with Gasteiger partial charge in [-0.25, -0.2) is 0 Å². The van der Waals surface area contributed by atoms with E-state index in [4.69, 9.17) is 23.8 Å². The van der Waals surface area contributed by atoms with Crippen LogP contribution in [0.15, 0.2) is 53.6 Å². The monoisotopic (exact) mass is 385 g/mol. The second-order valence-electron chi connectivity index (χ2n) is 5.60. The molecule has 0 saturated heterocycles. The SMILES string of the molecule is Cc1ccc(C(=O)NCc2n[nH]c(=S)n2/N=C/c2ccc(Cl)cc2)cc1. The molecule has 0 unspecified atom stereocenters. The minimum atomic E-state index is -0.188. The minimum absolute atomic E-state index is 0.188. The van der Waals surface area contributed by atoms with Crippen molar-refractivity contribution < 1.29 is 4.79 Å². The highest BCUT2D eigenvalue weighted by Gasteiger charge is 2.09. The predicted octanol–water partition coefficient (Wildman–Crippen LogP) is 3.71. The first-order valence-corrected chi connectivity index (χ1v) is 8.62. The fraction of sp³-hybridized carbons (Fsp3) is 0.111. The number of H-pyrrole nitrogens is 1. The van der Waals surface area contributed by atoms with Gasteiger partial charge in [-0.3, -0.25) is 9.89 Å². The van der Waals surface area contributed by atoms with Crippen LogP contribution < -0.4 is 5.32 Å². The highest BCUT2D eigenvalue weighted by atomic mass is 35.5. The number of hydrogen-bond acceptors (Lipinski definition) is 4. The van der Waals surface area contributed by atoms with Crippen molar-refractivity contribution >= 4 is 35.9 Å². The number of benzene rings is 2. The van der Waals surface area contributed by atoms with Crippen molar-refractivity contribution in [2.45, 2.75) is 13.5 Å². The third-order valence-corrected chi connectivity index (χ3v) is 4.15. The second-order valence-corrected chi connectivity index (χ2v) is 6.42. The zero-order valence-electron chi connectivity index (χ0n) is 13.9. The Labute approximate surface area is 160 Å². The number of carbonyl (C=O) groups is 1. The van der Waals surface area contributed by atoms with Crippen LogP contribution >= 0.6 is 23.8 Å². The first kappa shape index (κ1) is 18.0. The zero-order valence-corrected chi connectivity index (χ0v) is 15.5. The normalized spacial score (nSPS) is 11.0. The summed E-state index contributed by atoms with van der Waals surface area (Å²) in [6.07, 6.45) is 1.65. The van der Waals surface area contributed by atoms with E-state index in [9.17, 15) is 4.79 Å². The Balaban J connectivity index is 1.71. The Morgan fingerprint density at radius 1 is 1.27 bits per heavy atom. The molecule has 0 aliphatic heterocycles. The molecule has 0 saturated carbocycles. The zero-order chi connectivity index (χ0) is 18.5. The van der Waals surface area contributed by atoms with Gasteiger partial charge < -0.3 is 5.32 Å². The fourth-order valence-corrected chi connectivity index (χ4v) is 2.52. The van der Waals surface area contributed by atoms with Crippen LogP contribution in [0.25, 0.3) is 0 Å². The number of hydrogen-bond donors (Lipinski definition) is 2. The van der Waals surface area contributed by atoms with Gasteiger partial charge in [-0.1, -0.05) is 41.4 Å². The topological polar surface area (TPSA) is 75.1 Å². The molecule has 1 heterocycles. The summed E-state index contributed by atoms with van der Waals surface area (Å²) < 4.78 is 1.81. The van der Waals surface area contributed by atoms with Crippen LogP contribution in [0.4, 0.5) is 0 Å². The second kappa shape index (κ2) is 8.07. The maximum atomic E-state index is 12.2. The molecular weight excluding hydrogens is 370 g/mol. The molecular formula is C18H16ClN5OS. The Kier molecular flexibility index (Phi) is 5.60.